The van der Waals surface area contributed by atoms with Crippen molar-refractivity contribution in [2.24, 2.45) is 0 Å². The lowest BCUT2D eigenvalue weighted by Crippen LogP contribution is -2.32. The number of para-hydroxylation sites is 2. The van der Waals surface area contributed by atoms with E-state index < -0.39 is 15.8 Å². The fraction of sp³-hybridized carbons (Fsp3) is 0.316. The van der Waals surface area contributed by atoms with E-state index in [-0.39, 0.29) is 31.0 Å². The number of hydrogen-bond acceptors (Lipinski definition) is 3. The van der Waals surface area contributed by atoms with Crippen LogP contribution in [0.3, 0.4) is 0 Å². The monoisotopic (exact) mass is 378 g/mol. The molecule has 0 aliphatic heterocycles. The molecule has 0 unspecified atom stereocenters. The van der Waals surface area contributed by atoms with E-state index >= 15 is 0 Å². The molecule has 2 rings (SSSR count). The van der Waals surface area contributed by atoms with Crippen LogP contribution in [0.1, 0.15) is 24.0 Å². The van der Waals surface area contributed by atoms with Crippen LogP contribution in [0.4, 0.5) is 15.8 Å². The minimum atomic E-state index is -3.65. The summed E-state index contributed by atoms with van der Waals surface area (Å²) in [5.74, 6) is -0.817. The second-order valence-corrected chi connectivity index (χ2v) is 8.11. The minimum Gasteiger partial charge on any atom is -0.326 e. The van der Waals surface area contributed by atoms with Gasteiger partial charge < -0.3 is 5.32 Å². The number of nitrogens with zero attached hydrogens (tertiary/aromatic N) is 1. The van der Waals surface area contributed by atoms with Crippen molar-refractivity contribution in [1.82, 2.24) is 0 Å². The van der Waals surface area contributed by atoms with Gasteiger partial charge in [0, 0.05) is 18.7 Å². The number of anilines is 2. The summed E-state index contributed by atoms with van der Waals surface area (Å²) in [5, 5.41) is 2.86. The summed E-state index contributed by atoms with van der Waals surface area (Å²) < 4.78 is 38.9. The number of sulfonamides is 1. The van der Waals surface area contributed by atoms with Gasteiger partial charge in [0.15, 0.2) is 0 Å². The van der Waals surface area contributed by atoms with Gasteiger partial charge in [-0.15, -0.1) is 0 Å². The number of nitrogens with one attached hydrogen (secondary N) is 1. The Kier molecular flexibility index (Phi) is 6.37. The van der Waals surface area contributed by atoms with Crippen molar-refractivity contribution >= 4 is 27.3 Å². The number of carbonyl (C=O) groups is 1. The first kappa shape index (κ1) is 19.9. The van der Waals surface area contributed by atoms with Crippen LogP contribution in [0.25, 0.3) is 0 Å². The zero-order valence-electron chi connectivity index (χ0n) is 15.1. The highest BCUT2D eigenvalue weighted by Crippen LogP contribution is 2.22. The summed E-state index contributed by atoms with van der Waals surface area (Å²) in [6, 6.07) is 11.4. The Morgan fingerprint density at radius 2 is 1.69 bits per heavy atom. The van der Waals surface area contributed by atoms with E-state index in [1.54, 1.807) is 6.07 Å². The van der Waals surface area contributed by atoms with E-state index in [1.807, 2.05) is 32.0 Å². The fourth-order valence-electron chi connectivity index (χ4n) is 2.72. The number of aryl methyl sites for hydroxylation is 2. The van der Waals surface area contributed by atoms with Gasteiger partial charge in [-0.3, -0.25) is 9.10 Å². The van der Waals surface area contributed by atoms with E-state index in [4.69, 9.17) is 0 Å². The first-order chi connectivity index (χ1) is 12.2. The van der Waals surface area contributed by atoms with Crippen molar-refractivity contribution in [3.63, 3.8) is 0 Å². The molecular formula is C19H23FN2O3S. The third kappa shape index (κ3) is 5.05. The van der Waals surface area contributed by atoms with Gasteiger partial charge in [0.25, 0.3) is 0 Å². The average Bonchev–Trinajstić information content (AvgIpc) is 2.55. The van der Waals surface area contributed by atoms with Crippen LogP contribution in [0.5, 0.6) is 0 Å². The van der Waals surface area contributed by atoms with Crippen molar-refractivity contribution in [2.45, 2.75) is 26.7 Å². The third-order valence-electron chi connectivity index (χ3n) is 4.03. The standard InChI is InChI=1S/C19H23FN2O3S/c1-14-8-6-9-15(2)19(14)21-18(23)12-7-13-22(26(3,24)25)17-11-5-4-10-16(17)20/h4-6,8-11H,7,12-13H2,1-3H3,(H,21,23). The second kappa shape index (κ2) is 8.31. The molecule has 0 fully saturated rings. The van der Waals surface area contributed by atoms with Gasteiger partial charge in [0.05, 0.1) is 11.9 Å². The number of halogens is 1. The van der Waals surface area contributed by atoms with Gasteiger partial charge in [0.1, 0.15) is 5.82 Å². The highest BCUT2D eigenvalue weighted by molar-refractivity contribution is 7.92. The third-order valence-corrected chi connectivity index (χ3v) is 5.21. The van der Waals surface area contributed by atoms with Crippen molar-refractivity contribution in [2.75, 3.05) is 22.4 Å². The molecule has 1 amide bonds. The number of hydrogen-bond donors (Lipinski definition) is 1. The number of rotatable bonds is 7. The molecule has 5 nitrogen and oxygen atoms in total. The summed E-state index contributed by atoms with van der Waals surface area (Å²) in [6.07, 6.45) is 1.43. The summed E-state index contributed by atoms with van der Waals surface area (Å²) in [7, 11) is -3.65. The van der Waals surface area contributed by atoms with Crippen LogP contribution in [0.15, 0.2) is 42.5 Å². The minimum absolute atomic E-state index is 0.00911. The Balaban J connectivity index is 2.02. The molecule has 0 atom stereocenters. The van der Waals surface area contributed by atoms with Crippen LogP contribution >= 0.6 is 0 Å². The lowest BCUT2D eigenvalue weighted by Gasteiger charge is -2.22. The SMILES string of the molecule is Cc1cccc(C)c1NC(=O)CCCN(c1ccccc1F)S(C)(=O)=O. The molecule has 7 heteroatoms. The molecule has 0 aliphatic carbocycles. The van der Waals surface area contributed by atoms with Gasteiger partial charge in [-0.2, -0.15) is 0 Å². The maximum atomic E-state index is 13.9. The number of benzene rings is 2. The summed E-state index contributed by atoms with van der Waals surface area (Å²) in [4.78, 5) is 12.2. The molecular weight excluding hydrogens is 355 g/mol. The highest BCUT2D eigenvalue weighted by atomic mass is 32.2. The molecule has 0 aliphatic rings. The molecule has 2 aromatic rings. The predicted octanol–water partition coefficient (Wildman–Crippen LogP) is 3.63. The van der Waals surface area contributed by atoms with E-state index in [9.17, 15) is 17.6 Å². The quantitative estimate of drug-likeness (QED) is 0.800. The van der Waals surface area contributed by atoms with Gasteiger partial charge in [0.2, 0.25) is 15.9 Å². The topological polar surface area (TPSA) is 66.5 Å². The van der Waals surface area contributed by atoms with Crippen molar-refractivity contribution in [3.05, 3.63) is 59.4 Å². The molecule has 0 spiro atoms. The number of amides is 1. The van der Waals surface area contributed by atoms with Gasteiger partial charge in [-0.05, 0) is 43.5 Å². The van der Waals surface area contributed by atoms with Crippen LogP contribution in [-0.2, 0) is 14.8 Å². The Hall–Kier alpha value is -2.41. The highest BCUT2D eigenvalue weighted by Gasteiger charge is 2.20. The predicted molar refractivity (Wildman–Crippen MR) is 102 cm³/mol. The van der Waals surface area contributed by atoms with Gasteiger partial charge in [-0.25, -0.2) is 12.8 Å². The van der Waals surface area contributed by atoms with Crippen LogP contribution in [0, 0.1) is 19.7 Å². The van der Waals surface area contributed by atoms with Gasteiger partial charge in [-0.1, -0.05) is 30.3 Å². The summed E-state index contributed by atoms with van der Waals surface area (Å²) >= 11 is 0. The first-order valence-corrected chi connectivity index (χ1v) is 10.1. The molecule has 2 aromatic carbocycles. The zero-order valence-corrected chi connectivity index (χ0v) is 15.9. The van der Waals surface area contributed by atoms with Crippen LogP contribution < -0.4 is 9.62 Å². The molecule has 0 radical (unpaired) electrons. The molecule has 26 heavy (non-hydrogen) atoms. The smallest absolute Gasteiger partial charge is 0.232 e. The summed E-state index contributed by atoms with van der Waals surface area (Å²) in [5.41, 5.74) is 2.68. The number of carbonyl (C=O) groups excluding carboxylic acids is 1. The zero-order chi connectivity index (χ0) is 19.3. The van der Waals surface area contributed by atoms with Crippen molar-refractivity contribution < 1.29 is 17.6 Å². The first-order valence-electron chi connectivity index (χ1n) is 8.28. The second-order valence-electron chi connectivity index (χ2n) is 6.21. The van der Waals surface area contributed by atoms with Gasteiger partial charge >= 0.3 is 0 Å². The average molecular weight is 378 g/mol. The summed E-state index contributed by atoms with van der Waals surface area (Å²) in [6.45, 7) is 3.85. The Morgan fingerprint density at radius 1 is 1.08 bits per heavy atom. The van der Waals surface area contributed by atoms with E-state index in [0.717, 1.165) is 27.4 Å². The Bertz CT molecular complexity index is 877. The maximum Gasteiger partial charge on any atom is 0.232 e. The molecule has 0 heterocycles. The van der Waals surface area contributed by atoms with E-state index in [0.29, 0.717) is 0 Å². The van der Waals surface area contributed by atoms with Crippen LogP contribution in [-0.4, -0.2) is 27.1 Å². The molecule has 140 valence electrons. The fourth-order valence-corrected chi connectivity index (χ4v) is 3.68. The molecule has 0 bridgehead atoms. The van der Waals surface area contributed by atoms with Crippen LogP contribution in [0.2, 0.25) is 0 Å². The van der Waals surface area contributed by atoms with Crippen molar-refractivity contribution in [3.8, 4) is 0 Å². The Labute approximate surface area is 153 Å². The maximum absolute atomic E-state index is 13.9. The van der Waals surface area contributed by atoms with E-state index in [2.05, 4.69) is 5.32 Å². The van der Waals surface area contributed by atoms with E-state index in [1.165, 1.54) is 18.2 Å². The molecule has 0 aromatic heterocycles. The van der Waals surface area contributed by atoms with Crippen molar-refractivity contribution in [1.29, 1.82) is 0 Å². The largest absolute Gasteiger partial charge is 0.326 e. The lowest BCUT2D eigenvalue weighted by molar-refractivity contribution is -0.116. The normalized spacial score (nSPS) is 11.2. The molecule has 1 N–H and O–H groups in total. The molecule has 0 saturated heterocycles. The Morgan fingerprint density at radius 3 is 2.27 bits per heavy atom. The molecule has 0 saturated carbocycles. The lowest BCUT2D eigenvalue weighted by atomic mass is 10.1.